The van der Waals surface area contributed by atoms with Gasteiger partial charge in [0.1, 0.15) is 0 Å². The molecular weight excluding hydrogens is 278 g/mol. The molecule has 1 saturated heterocycles. The van der Waals surface area contributed by atoms with E-state index in [1.807, 2.05) is 4.90 Å². The number of anilines is 1. The van der Waals surface area contributed by atoms with Crippen LogP contribution in [0.2, 0.25) is 0 Å². The monoisotopic (exact) mass is 303 g/mol. The second-order valence-corrected chi connectivity index (χ2v) is 6.36. The van der Waals surface area contributed by atoms with E-state index in [-0.39, 0.29) is 17.3 Å². The molecule has 1 aliphatic carbocycles. The summed E-state index contributed by atoms with van der Waals surface area (Å²) in [5.41, 5.74) is 6.25. The maximum atomic E-state index is 12.5. The molecule has 22 heavy (non-hydrogen) atoms. The van der Waals surface area contributed by atoms with Crippen molar-refractivity contribution in [3.63, 3.8) is 0 Å². The molecule has 120 valence electrons. The first-order valence-corrected chi connectivity index (χ1v) is 8.27. The van der Waals surface area contributed by atoms with Crippen molar-refractivity contribution in [3.05, 3.63) is 23.8 Å². The molecule has 1 aromatic rings. The summed E-state index contributed by atoms with van der Waals surface area (Å²) in [6, 6.07) is 5.65. The van der Waals surface area contributed by atoms with Gasteiger partial charge in [-0.05, 0) is 25.0 Å². The van der Waals surface area contributed by atoms with E-state index in [0.717, 1.165) is 26.2 Å². The van der Waals surface area contributed by atoms with Crippen LogP contribution in [0.25, 0.3) is 0 Å². The van der Waals surface area contributed by atoms with Gasteiger partial charge in [-0.25, -0.2) is 0 Å². The van der Waals surface area contributed by atoms with Gasteiger partial charge in [-0.3, -0.25) is 9.69 Å². The molecule has 2 fully saturated rings. The number of carbonyl (C=O) groups excluding carboxylic acids is 1. The zero-order chi connectivity index (χ0) is 15.5. The van der Waals surface area contributed by atoms with Gasteiger partial charge in [-0.15, -0.1) is 0 Å². The summed E-state index contributed by atoms with van der Waals surface area (Å²) in [6.45, 7) is 3.31. The number of hydrogen-bond donors (Lipinski definition) is 2. The van der Waals surface area contributed by atoms with Crippen LogP contribution in [0.1, 0.15) is 42.5 Å². The van der Waals surface area contributed by atoms with Gasteiger partial charge in [-0.2, -0.15) is 0 Å². The molecule has 5 nitrogen and oxygen atoms in total. The maximum Gasteiger partial charge on any atom is 0.257 e. The molecule has 0 atom stereocenters. The van der Waals surface area contributed by atoms with E-state index in [9.17, 15) is 9.90 Å². The Morgan fingerprint density at radius 1 is 1.09 bits per heavy atom. The Balaban J connectivity index is 1.61. The minimum Gasteiger partial charge on any atom is -0.505 e. The number of nitrogens with two attached hydrogens (primary N) is 1. The lowest BCUT2D eigenvalue weighted by Gasteiger charge is -2.40. The van der Waals surface area contributed by atoms with Crippen LogP contribution in [0.4, 0.5) is 5.69 Å². The predicted molar refractivity (Wildman–Crippen MR) is 86.9 cm³/mol. The van der Waals surface area contributed by atoms with E-state index in [1.165, 1.54) is 32.1 Å². The van der Waals surface area contributed by atoms with Gasteiger partial charge < -0.3 is 15.7 Å². The molecule has 5 heteroatoms. The molecule has 1 aliphatic heterocycles. The van der Waals surface area contributed by atoms with Gasteiger partial charge in [0.25, 0.3) is 5.91 Å². The number of benzene rings is 1. The van der Waals surface area contributed by atoms with E-state index in [2.05, 4.69) is 4.90 Å². The summed E-state index contributed by atoms with van der Waals surface area (Å²) < 4.78 is 0. The molecule has 0 aromatic heterocycles. The smallest absolute Gasteiger partial charge is 0.257 e. The zero-order valence-corrected chi connectivity index (χ0v) is 13.0. The Hall–Kier alpha value is -1.75. The molecule has 0 bridgehead atoms. The molecule has 0 spiro atoms. The van der Waals surface area contributed by atoms with Crippen molar-refractivity contribution in [2.24, 2.45) is 0 Å². The molecular formula is C17H25N3O2. The number of rotatable bonds is 2. The third-order valence-electron chi connectivity index (χ3n) is 4.99. The Morgan fingerprint density at radius 3 is 2.45 bits per heavy atom. The second kappa shape index (κ2) is 6.57. The van der Waals surface area contributed by atoms with Gasteiger partial charge in [-0.1, -0.05) is 25.3 Å². The van der Waals surface area contributed by atoms with E-state index >= 15 is 0 Å². The Morgan fingerprint density at radius 2 is 1.77 bits per heavy atom. The summed E-state index contributed by atoms with van der Waals surface area (Å²) in [4.78, 5) is 16.9. The van der Waals surface area contributed by atoms with Crippen LogP contribution in [-0.2, 0) is 0 Å². The standard InChI is InChI=1S/C17H25N3O2/c18-15-8-4-7-14(16(15)21)17(22)20-11-9-19(10-12-20)13-5-2-1-3-6-13/h4,7-8,13,21H,1-3,5-6,9-12,18H2. The first-order valence-electron chi connectivity index (χ1n) is 8.27. The van der Waals surface area contributed by atoms with Crippen LogP contribution in [0.3, 0.4) is 0 Å². The number of piperazine rings is 1. The normalized spacial score (nSPS) is 21.0. The highest BCUT2D eigenvalue weighted by Gasteiger charge is 2.28. The van der Waals surface area contributed by atoms with Crippen LogP contribution >= 0.6 is 0 Å². The molecule has 3 N–H and O–H groups in total. The largest absolute Gasteiger partial charge is 0.505 e. The number of phenolic OH excluding ortho intramolecular Hbond substituents is 1. The van der Waals surface area contributed by atoms with Gasteiger partial charge >= 0.3 is 0 Å². The van der Waals surface area contributed by atoms with E-state index in [1.54, 1.807) is 18.2 Å². The minimum atomic E-state index is -0.118. The summed E-state index contributed by atoms with van der Waals surface area (Å²) in [5.74, 6) is -0.213. The number of aromatic hydroxyl groups is 1. The number of hydrogen-bond acceptors (Lipinski definition) is 4. The Labute approximate surface area is 131 Å². The predicted octanol–water partition coefficient (Wildman–Crippen LogP) is 2.06. The minimum absolute atomic E-state index is 0.0952. The summed E-state index contributed by atoms with van der Waals surface area (Å²) in [5, 5.41) is 9.97. The fourth-order valence-electron chi connectivity index (χ4n) is 3.64. The number of nitrogen functional groups attached to an aromatic ring is 1. The quantitative estimate of drug-likeness (QED) is 0.648. The Bertz CT molecular complexity index is 533. The SMILES string of the molecule is Nc1cccc(C(=O)N2CCN(C3CCCCC3)CC2)c1O. The first kappa shape index (κ1) is 15.2. The van der Waals surface area contributed by atoms with Crippen LogP contribution in [-0.4, -0.2) is 53.0 Å². The van der Waals surface area contributed by atoms with Crippen LogP contribution in [0.5, 0.6) is 5.75 Å². The number of nitrogens with zero attached hydrogens (tertiary/aromatic N) is 2. The van der Waals surface area contributed by atoms with Gasteiger partial charge in [0.2, 0.25) is 0 Å². The van der Waals surface area contributed by atoms with Gasteiger partial charge in [0, 0.05) is 32.2 Å². The van der Waals surface area contributed by atoms with Crippen LogP contribution < -0.4 is 5.73 Å². The van der Waals surface area contributed by atoms with Crippen molar-refractivity contribution < 1.29 is 9.90 Å². The highest BCUT2D eigenvalue weighted by molar-refractivity contribution is 5.98. The first-order chi connectivity index (χ1) is 10.7. The van der Waals surface area contributed by atoms with Crippen LogP contribution in [0, 0.1) is 0 Å². The highest BCUT2D eigenvalue weighted by Crippen LogP contribution is 2.27. The molecule has 1 saturated carbocycles. The van der Waals surface area contributed by atoms with Gasteiger partial charge in [0.05, 0.1) is 11.3 Å². The van der Waals surface area contributed by atoms with Crippen molar-refractivity contribution >= 4 is 11.6 Å². The highest BCUT2D eigenvalue weighted by atomic mass is 16.3. The lowest BCUT2D eigenvalue weighted by Crippen LogP contribution is -2.52. The molecule has 1 heterocycles. The van der Waals surface area contributed by atoms with Crippen LogP contribution in [0.15, 0.2) is 18.2 Å². The van der Waals surface area contributed by atoms with E-state index in [0.29, 0.717) is 11.6 Å². The fraction of sp³-hybridized carbons (Fsp3) is 0.588. The molecule has 1 aromatic carbocycles. The van der Waals surface area contributed by atoms with Crippen molar-refractivity contribution in [3.8, 4) is 5.75 Å². The average molecular weight is 303 g/mol. The number of carbonyl (C=O) groups is 1. The van der Waals surface area contributed by atoms with Crippen molar-refractivity contribution in [2.45, 2.75) is 38.1 Å². The van der Waals surface area contributed by atoms with Crippen molar-refractivity contribution in [1.29, 1.82) is 0 Å². The lowest BCUT2D eigenvalue weighted by atomic mass is 9.94. The van der Waals surface area contributed by atoms with Crippen molar-refractivity contribution in [2.75, 3.05) is 31.9 Å². The summed E-state index contributed by atoms with van der Waals surface area (Å²) in [6.07, 6.45) is 6.62. The third-order valence-corrected chi connectivity index (χ3v) is 4.99. The average Bonchev–Trinajstić information content (AvgIpc) is 2.58. The lowest BCUT2D eigenvalue weighted by molar-refractivity contribution is 0.0521. The van der Waals surface area contributed by atoms with Crippen molar-refractivity contribution in [1.82, 2.24) is 9.80 Å². The zero-order valence-electron chi connectivity index (χ0n) is 13.0. The summed E-state index contributed by atoms with van der Waals surface area (Å²) in [7, 11) is 0. The third kappa shape index (κ3) is 3.04. The molecule has 1 amide bonds. The van der Waals surface area contributed by atoms with E-state index < -0.39 is 0 Å². The number of phenols is 1. The molecule has 2 aliphatic rings. The summed E-state index contributed by atoms with van der Waals surface area (Å²) >= 11 is 0. The fourth-order valence-corrected chi connectivity index (χ4v) is 3.64. The topological polar surface area (TPSA) is 69.8 Å². The number of amides is 1. The molecule has 0 unspecified atom stereocenters. The second-order valence-electron chi connectivity index (χ2n) is 6.36. The molecule has 0 radical (unpaired) electrons. The Kier molecular flexibility index (Phi) is 4.52. The molecule has 3 rings (SSSR count). The van der Waals surface area contributed by atoms with E-state index in [4.69, 9.17) is 5.73 Å². The number of para-hydroxylation sites is 1. The maximum absolute atomic E-state index is 12.5. The van der Waals surface area contributed by atoms with Gasteiger partial charge in [0.15, 0.2) is 5.75 Å².